The second-order valence-electron chi connectivity index (χ2n) is 4.87. The van der Waals surface area contributed by atoms with Crippen LogP contribution in [0.2, 0.25) is 0 Å². The zero-order valence-corrected chi connectivity index (χ0v) is 10.3. The number of hydrogen-bond donors (Lipinski definition) is 2. The van der Waals surface area contributed by atoms with E-state index in [1.165, 1.54) is 12.8 Å². The molecule has 1 atom stereocenters. The summed E-state index contributed by atoms with van der Waals surface area (Å²) in [4.78, 5) is 6.71. The molecule has 4 nitrogen and oxygen atoms in total. The maximum Gasteiger partial charge on any atom is 0.133 e. The van der Waals surface area contributed by atoms with Crippen LogP contribution in [0.1, 0.15) is 31.4 Å². The number of anilines is 1. The Kier molecular flexibility index (Phi) is 3.97. The second-order valence-corrected chi connectivity index (χ2v) is 4.87. The van der Waals surface area contributed by atoms with Crippen LogP contribution in [-0.2, 0) is 0 Å². The van der Waals surface area contributed by atoms with Crippen molar-refractivity contribution in [2.24, 2.45) is 11.7 Å². The molecule has 0 amide bonds. The van der Waals surface area contributed by atoms with Crippen LogP contribution in [0.15, 0.2) is 18.3 Å². The molecule has 1 aliphatic heterocycles. The second kappa shape index (κ2) is 5.47. The monoisotopic (exact) mass is 235 g/mol. The van der Waals surface area contributed by atoms with Crippen molar-refractivity contribution in [2.75, 3.05) is 24.6 Å². The highest BCUT2D eigenvalue weighted by Crippen LogP contribution is 2.26. The van der Waals surface area contributed by atoms with E-state index in [-0.39, 0.29) is 12.6 Å². The summed E-state index contributed by atoms with van der Waals surface area (Å²) in [6, 6.07) is 3.50. The fraction of sp³-hybridized carbons (Fsp3) is 0.615. The van der Waals surface area contributed by atoms with E-state index < -0.39 is 0 Å². The number of piperidine rings is 1. The van der Waals surface area contributed by atoms with E-state index in [9.17, 15) is 5.11 Å². The fourth-order valence-corrected chi connectivity index (χ4v) is 2.28. The van der Waals surface area contributed by atoms with Gasteiger partial charge in [-0.15, -0.1) is 0 Å². The first-order valence-corrected chi connectivity index (χ1v) is 6.28. The first-order chi connectivity index (χ1) is 8.22. The van der Waals surface area contributed by atoms with E-state index >= 15 is 0 Å². The average molecular weight is 235 g/mol. The predicted molar refractivity (Wildman–Crippen MR) is 68.9 cm³/mol. The largest absolute Gasteiger partial charge is 0.394 e. The number of aliphatic hydroxyl groups is 1. The lowest BCUT2D eigenvalue weighted by atomic mass is 9.98. The molecule has 4 heteroatoms. The molecule has 94 valence electrons. The van der Waals surface area contributed by atoms with Crippen molar-refractivity contribution in [3.05, 3.63) is 23.9 Å². The molecule has 1 aliphatic rings. The Balaban J connectivity index is 2.19. The first kappa shape index (κ1) is 12.3. The Morgan fingerprint density at radius 2 is 2.24 bits per heavy atom. The topological polar surface area (TPSA) is 62.4 Å². The summed E-state index contributed by atoms with van der Waals surface area (Å²) in [6.07, 6.45) is 4.19. The summed E-state index contributed by atoms with van der Waals surface area (Å²) in [5.74, 6) is 1.74. The molecule has 0 bridgehead atoms. The molecule has 1 fully saturated rings. The van der Waals surface area contributed by atoms with E-state index in [1.807, 2.05) is 12.1 Å². The van der Waals surface area contributed by atoms with Crippen molar-refractivity contribution in [1.82, 2.24) is 4.98 Å². The van der Waals surface area contributed by atoms with Crippen LogP contribution in [0.25, 0.3) is 0 Å². The molecular formula is C13H21N3O. The quantitative estimate of drug-likeness (QED) is 0.829. The normalized spacial score (nSPS) is 19.4. The minimum absolute atomic E-state index is 0.0388. The maximum atomic E-state index is 9.18. The van der Waals surface area contributed by atoms with Crippen LogP contribution >= 0.6 is 0 Å². The number of hydrogen-bond acceptors (Lipinski definition) is 4. The Labute approximate surface area is 102 Å². The lowest BCUT2D eigenvalue weighted by Crippen LogP contribution is -2.35. The smallest absolute Gasteiger partial charge is 0.133 e. The minimum atomic E-state index is -0.335. The van der Waals surface area contributed by atoms with Crippen LogP contribution in [0.3, 0.4) is 0 Å². The highest BCUT2D eigenvalue weighted by atomic mass is 16.3. The molecule has 17 heavy (non-hydrogen) atoms. The summed E-state index contributed by atoms with van der Waals surface area (Å²) in [6.45, 7) is 4.31. The zero-order chi connectivity index (χ0) is 12.3. The molecule has 1 aromatic heterocycles. The van der Waals surface area contributed by atoms with Gasteiger partial charge in [-0.2, -0.15) is 0 Å². The summed E-state index contributed by atoms with van der Waals surface area (Å²) in [5.41, 5.74) is 6.86. The minimum Gasteiger partial charge on any atom is -0.394 e. The summed E-state index contributed by atoms with van der Waals surface area (Å²) >= 11 is 0. The number of nitrogens with two attached hydrogens (primary N) is 1. The molecular weight excluding hydrogens is 214 g/mol. The summed E-state index contributed by atoms with van der Waals surface area (Å²) in [7, 11) is 0. The van der Waals surface area contributed by atoms with Gasteiger partial charge in [-0.05, 0) is 24.8 Å². The van der Waals surface area contributed by atoms with Gasteiger partial charge in [0.15, 0.2) is 0 Å². The van der Waals surface area contributed by atoms with E-state index in [0.717, 1.165) is 30.4 Å². The fourth-order valence-electron chi connectivity index (χ4n) is 2.28. The Morgan fingerprint density at radius 3 is 2.88 bits per heavy atom. The number of rotatable bonds is 3. The maximum absolute atomic E-state index is 9.18. The van der Waals surface area contributed by atoms with Crippen LogP contribution in [-0.4, -0.2) is 29.8 Å². The molecule has 2 heterocycles. The third-order valence-corrected chi connectivity index (χ3v) is 3.50. The molecule has 1 saturated heterocycles. The van der Waals surface area contributed by atoms with E-state index in [4.69, 9.17) is 5.73 Å². The highest BCUT2D eigenvalue weighted by Gasteiger charge is 2.21. The van der Waals surface area contributed by atoms with Gasteiger partial charge in [-0.1, -0.05) is 13.0 Å². The van der Waals surface area contributed by atoms with Gasteiger partial charge in [0.05, 0.1) is 12.6 Å². The van der Waals surface area contributed by atoms with Crippen molar-refractivity contribution >= 4 is 5.82 Å². The van der Waals surface area contributed by atoms with Gasteiger partial charge in [0.2, 0.25) is 0 Å². The average Bonchev–Trinajstić information content (AvgIpc) is 2.39. The Morgan fingerprint density at radius 1 is 1.53 bits per heavy atom. The van der Waals surface area contributed by atoms with Crippen molar-refractivity contribution in [2.45, 2.75) is 25.8 Å². The Hall–Kier alpha value is -1.13. The highest BCUT2D eigenvalue weighted by molar-refractivity contribution is 5.48. The first-order valence-electron chi connectivity index (χ1n) is 6.28. The number of aliphatic hydroxyl groups excluding tert-OH is 1. The van der Waals surface area contributed by atoms with Gasteiger partial charge in [0, 0.05) is 24.8 Å². The van der Waals surface area contributed by atoms with Crippen molar-refractivity contribution in [3.8, 4) is 0 Å². The van der Waals surface area contributed by atoms with Gasteiger partial charge in [-0.3, -0.25) is 0 Å². The molecule has 0 radical (unpaired) electrons. The van der Waals surface area contributed by atoms with Crippen LogP contribution in [0.4, 0.5) is 5.82 Å². The summed E-state index contributed by atoms with van der Waals surface area (Å²) < 4.78 is 0. The molecule has 3 N–H and O–H groups in total. The van der Waals surface area contributed by atoms with Gasteiger partial charge < -0.3 is 15.7 Å². The molecule has 1 aromatic rings. The molecule has 0 aromatic carbocycles. The van der Waals surface area contributed by atoms with Crippen molar-refractivity contribution < 1.29 is 5.11 Å². The van der Waals surface area contributed by atoms with Gasteiger partial charge in [-0.25, -0.2) is 4.98 Å². The van der Waals surface area contributed by atoms with E-state index in [2.05, 4.69) is 16.8 Å². The number of nitrogens with zero attached hydrogens (tertiary/aromatic N) is 2. The number of pyridine rings is 1. The van der Waals surface area contributed by atoms with Gasteiger partial charge >= 0.3 is 0 Å². The molecule has 0 saturated carbocycles. The van der Waals surface area contributed by atoms with Crippen LogP contribution in [0.5, 0.6) is 0 Å². The Bertz CT molecular complexity index is 361. The van der Waals surface area contributed by atoms with Crippen molar-refractivity contribution in [1.29, 1.82) is 0 Å². The SMILES string of the molecule is CC1CCN(c2ncccc2C(N)CO)CC1. The van der Waals surface area contributed by atoms with Crippen LogP contribution in [0, 0.1) is 5.92 Å². The molecule has 1 unspecified atom stereocenters. The molecule has 0 aliphatic carbocycles. The molecule has 0 spiro atoms. The third kappa shape index (κ3) is 2.76. The lowest BCUT2D eigenvalue weighted by Gasteiger charge is -2.33. The van der Waals surface area contributed by atoms with Gasteiger partial charge in [0.25, 0.3) is 0 Å². The standard InChI is InChI=1S/C13H21N3O/c1-10-4-7-16(8-5-10)13-11(12(14)9-17)3-2-6-15-13/h2-3,6,10,12,17H,4-5,7-9,14H2,1H3. The molecule has 2 rings (SSSR count). The zero-order valence-electron chi connectivity index (χ0n) is 10.3. The summed E-state index contributed by atoms with van der Waals surface area (Å²) in [5, 5.41) is 9.18. The van der Waals surface area contributed by atoms with E-state index in [1.54, 1.807) is 6.20 Å². The van der Waals surface area contributed by atoms with Crippen molar-refractivity contribution in [3.63, 3.8) is 0 Å². The third-order valence-electron chi connectivity index (χ3n) is 3.50. The predicted octanol–water partition coefficient (Wildman–Crippen LogP) is 1.31. The van der Waals surface area contributed by atoms with Gasteiger partial charge in [0.1, 0.15) is 5.82 Å². The number of aromatic nitrogens is 1. The lowest BCUT2D eigenvalue weighted by molar-refractivity contribution is 0.267. The van der Waals surface area contributed by atoms with E-state index in [0.29, 0.717) is 0 Å². The van der Waals surface area contributed by atoms with Crippen LogP contribution < -0.4 is 10.6 Å².